The highest BCUT2D eigenvalue weighted by molar-refractivity contribution is 6.19. The van der Waals surface area contributed by atoms with Crippen LogP contribution in [-0.4, -0.2) is 26.0 Å². The Morgan fingerprint density at radius 1 is 1.24 bits per heavy atom. The molecule has 0 bridgehead atoms. The summed E-state index contributed by atoms with van der Waals surface area (Å²) in [6, 6.07) is 7.06. The van der Waals surface area contributed by atoms with Crippen molar-refractivity contribution in [2.45, 2.75) is 6.92 Å². The number of ether oxygens (including phenoxy) is 2. The average Bonchev–Trinajstić information content (AvgIpc) is 2.35. The van der Waals surface area contributed by atoms with Gasteiger partial charge in [-0.25, -0.2) is 4.79 Å². The average molecular weight is 234 g/mol. The summed E-state index contributed by atoms with van der Waals surface area (Å²) >= 11 is 0. The molecule has 0 heterocycles. The van der Waals surface area contributed by atoms with Crippen molar-refractivity contribution in [3.63, 3.8) is 0 Å². The first-order chi connectivity index (χ1) is 8.08. The Morgan fingerprint density at radius 3 is 2.47 bits per heavy atom. The minimum atomic E-state index is -0.639. The molecule has 0 amide bonds. The predicted molar refractivity (Wildman–Crippen MR) is 63.7 cm³/mol. The molecule has 1 rings (SSSR count). The minimum absolute atomic E-state index is 0.0146. The third kappa shape index (κ3) is 3.45. The lowest BCUT2D eigenvalue weighted by Crippen LogP contribution is -2.11. The van der Waals surface area contributed by atoms with Crippen molar-refractivity contribution < 1.29 is 19.1 Å². The van der Waals surface area contributed by atoms with Gasteiger partial charge in [0.1, 0.15) is 11.3 Å². The van der Waals surface area contributed by atoms with Gasteiger partial charge in [-0.2, -0.15) is 0 Å². The van der Waals surface area contributed by atoms with Crippen LogP contribution >= 0.6 is 0 Å². The van der Waals surface area contributed by atoms with Gasteiger partial charge in [-0.1, -0.05) is 12.1 Å². The first-order valence-electron chi connectivity index (χ1n) is 5.03. The molecule has 17 heavy (non-hydrogen) atoms. The van der Waals surface area contributed by atoms with Gasteiger partial charge in [-0.15, -0.1) is 0 Å². The van der Waals surface area contributed by atoms with Crippen molar-refractivity contribution in [2.75, 3.05) is 14.2 Å². The molecular weight excluding hydrogens is 220 g/mol. The van der Waals surface area contributed by atoms with Gasteiger partial charge in [-0.05, 0) is 30.7 Å². The van der Waals surface area contributed by atoms with E-state index < -0.39 is 5.97 Å². The molecule has 0 atom stereocenters. The van der Waals surface area contributed by atoms with Crippen LogP contribution in [0.2, 0.25) is 0 Å². The van der Waals surface area contributed by atoms with E-state index in [0.717, 1.165) is 0 Å². The molecule has 0 aromatic heterocycles. The van der Waals surface area contributed by atoms with Gasteiger partial charge in [0.15, 0.2) is 5.78 Å². The number of carbonyl (C=O) groups is 2. The van der Waals surface area contributed by atoms with Gasteiger partial charge < -0.3 is 9.47 Å². The van der Waals surface area contributed by atoms with E-state index in [9.17, 15) is 9.59 Å². The topological polar surface area (TPSA) is 52.6 Å². The predicted octanol–water partition coefficient (Wildman–Crippen LogP) is 1.84. The molecule has 90 valence electrons. The largest absolute Gasteiger partial charge is 0.497 e. The van der Waals surface area contributed by atoms with Gasteiger partial charge in [0, 0.05) is 0 Å². The summed E-state index contributed by atoms with van der Waals surface area (Å²) in [7, 11) is 2.79. The van der Waals surface area contributed by atoms with E-state index in [2.05, 4.69) is 4.74 Å². The smallest absolute Gasteiger partial charge is 0.341 e. The van der Waals surface area contributed by atoms with Crippen LogP contribution in [0.4, 0.5) is 0 Å². The summed E-state index contributed by atoms with van der Waals surface area (Å²) < 4.78 is 9.60. The van der Waals surface area contributed by atoms with Gasteiger partial charge >= 0.3 is 5.97 Å². The zero-order valence-electron chi connectivity index (χ0n) is 10.0. The lowest BCUT2D eigenvalue weighted by atomic mass is 10.1. The van der Waals surface area contributed by atoms with Crippen LogP contribution in [0.15, 0.2) is 29.8 Å². The molecule has 0 unspecified atom stereocenters. The Bertz CT molecular complexity index is 460. The zero-order chi connectivity index (χ0) is 12.8. The molecule has 4 heteroatoms. The Balaban J connectivity index is 3.12. The van der Waals surface area contributed by atoms with E-state index in [1.165, 1.54) is 20.1 Å². The number of hydrogen-bond donors (Lipinski definition) is 0. The maximum absolute atomic E-state index is 11.4. The van der Waals surface area contributed by atoms with E-state index in [-0.39, 0.29) is 11.4 Å². The quantitative estimate of drug-likeness (QED) is 0.345. The number of carbonyl (C=O) groups excluding carboxylic acids is 2. The number of hydrogen-bond acceptors (Lipinski definition) is 4. The third-order valence-electron chi connectivity index (χ3n) is 2.19. The van der Waals surface area contributed by atoms with E-state index in [0.29, 0.717) is 11.3 Å². The molecular formula is C13H14O4. The highest BCUT2D eigenvalue weighted by Gasteiger charge is 2.14. The molecule has 4 nitrogen and oxygen atoms in total. The highest BCUT2D eigenvalue weighted by Crippen LogP contribution is 2.16. The molecule has 1 aromatic carbocycles. The maximum atomic E-state index is 11.4. The van der Waals surface area contributed by atoms with Crippen LogP contribution in [0, 0.1) is 0 Å². The van der Waals surface area contributed by atoms with Crippen molar-refractivity contribution in [2.24, 2.45) is 0 Å². The number of methoxy groups -OCH3 is 2. The molecule has 0 spiro atoms. The van der Waals surface area contributed by atoms with Crippen LogP contribution in [-0.2, 0) is 14.3 Å². The molecule has 0 aliphatic carbocycles. The van der Waals surface area contributed by atoms with Crippen LogP contribution in [0.3, 0.4) is 0 Å². The van der Waals surface area contributed by atoms with Crippen molar-refractivity contribution >= 4 is 17.8 Å². The van der Waals surface area contributed by atoms with Gasteiger partial charge in [-0.3, -0.25) is 4.79 Å². The summed E-state index contributed by atoms with van der Waals surface area (Å²) in [5.74, 6) is -0.313. The van der Waals surface area contributed by atoms with Crippen molar-refractivity contribution in [1.29, 1.82) is 0 Å². The van der Waals surface area contributed by atoms with Crippen molar-refractivity contribution in [3.8, 4) is 5.75 Å². The Labute approximate surface area is 99.8 Å². The number of esters is 1. The molecule has 1 aromatic rings. The van der Waals surface area contributed by atoms with E-state index in [1.54, 1.807) is 31.4 Å². The summed E-state index contributed by atoms with van der Waals surface area (Å²) in [5.41, 5.74) is 0.723. The highest BCUT2D eigenvalue weighted by atomic mass is 16.5. The first kappa shape index (κ1) is 13.0. The van der Waals surface area contributed by atoms with Crippen LogP contribution in [0.5, 0.6) is 5.75 Å². The summed E-state index contributed by atoms with van der Waals surface area (Å²) in [6.07, 6.45) is 1.48. The molecule has 0 saturated carbocycles. The number of Topliss-reactive ketones (excluding diaryl/α,β-unsaturated/α-hetero) is 1. The third-order valence-corrected chi connectivity index (χ3v) is 2.19. The number of benzene rings is 1. The van der Waals surface area contributed by atoms with E-state index in [4.69, 9.17) is 4.74 Å². The molecule has 0 fully saturated rings. The van der Waals surface area contributed by atoms with Crippen molar-refractivity contribution in [1.82, 2.24) is 0 Å². The Hall–Kier alpha value is -2.10. The monoisotopic (exact) mass is 234 g/mol. The van der Waals surface area contributed by atoms with Crippen molar-refractivity contribution in [3.05, 3.63) is 35.4 Å². The van der Waals surface area contributed by atoms with Gasteiger partial charge in [0.25, 0.3) is 0 Å². The lowest BCUT2D eigenvalue weighted by molar-refractivity contribution is -0.137. The standard InChI is InChI=1S/C13H14O4/c1-9(14)12(13(15)17-3)8-10-5-4-6-11(7-10)16-2/h4-8H,1-3H3/b12-8+. The molecule has 0 saturated heterocycles. The summed E-state index contributed by atoms with van der Waals surface area (Å²) in [5, 5.41) is 0. The lowest BCUT2D eigenvalue weighted by Gasteiger charge is -2.03. The van der Waals surface area contributed by atoms with Crippen LogP contribution < -0.4 is 4.74 Å². The first-order valence-corrected chi connectivity index (χ1v) is 5.03. The Kier molecular flexibility index (Phi) is 4.46. The fraction of sp³-hybridized carbons (Fsp3) is 0.231. The van der Waals surface area contributed by atoms with E-state index in [1.807, 2.05) is 0 Å². The van der Waals surface area contributed by atoms with Gasteiger partial charge in [0.05, 0.1) is 14.2 Å². The number of ketones is 1. The second-order valence-electron chi connectivity index (χ2n) is 3.38. The summed E-state index contributed by atoms with van der Waals surface area (Å²) in [6.45, 7) is 1.32. The fourth-order valence-electron chi connectivity index (χ4n) is 1.31. The molecule has 0 N–H and O–H groups in total. The maximum Gasteiger partial charge on any atom is 0.341 e. The molecule has 0 aliphatic rings. The Morgan fingerprint density at radius 2 is 1.94 bits per heavy atom. The zero-order valence-corrected chi connectivity index (χ0v) is 10.0. The summed E-state index contributed by atoms with van der Waals surface area (Å²) in [4.78, 5) is 22.7. The normalized spacial score (nSPS) is 10.9. The number of rotatable bonds is 4. The minimum Gasteiger partial charge on any atom is -0.497 e. The molecule has 0 aliphatic heterocycles. The van der Waals surface area contributed by atoms with Gasteiger partial charge in [0.2, 0.25) is 0 Å². The van der Waals surface area contributed by atoms with E-state index >= 15 is 0 Å². The second kappa shape index (κ2) is 5.84. The van der Waals surface area contributed by atoms with Crippen LogP contribution in [0.1, 0.15) is 12.5 Å². The fourth-order valence-corrected chi connectivity index (χ4v) is 1.31. The second-order valence-corrected chi connectivity index (χ2v) is 3.38. The molecule has 0 radical (unpaired) electrons. The van der Waals surface area contributed by atoms with Crippen LogP contribution in [0.25, 0.3) is 6.08 Å². The SMILES string of the molecule is COC(=O)/C(=C/c1cccc(OC)c1)C(C)=O.